The van der Waals surface area contributed by atoms with Gasteiger partial charge in [-0.05, 0) is 30.7 Å². The first kappa shape index (κ1) is 16.2. The second-order valence-corrected chi connectivity index (χ2v) is 6.69. The molecule has 4 N–H and O–H groups in total. The third-order valence-corrected chi connectivity index (χ3v) is 4.79. The second-order valence-electron chi connectivity index (χ2n) is 5.66. The molecule has 26 heavy (non-hydrogen) atoms. The number of hydrogen-bond donors (Lipinski definition) is 3. The molecular weight excluding hydrogens is 351 g/mol. The average molecular weight is 366 g/mol. The van der Waals surface area contributed by atoms with Crippen LogP contribution in [0.3, 0.4) is 0 Å². The van der Waals surface area contributed by atoms with Gasteiger partial charge in [-0.3, -0.25) is 0 Å². The highest BCUT2D eigenvalue weighted by Crippen LogP contribution is 2.33. The maximum atomic E-state index is 13.8. The summed E-state index contributed by atoms with van der Waals surface area (Å²) in [5.74, 6) is 0.349. The Balaban J connectivity index is 1.65. The third-order valence-electron chi connectivity index (χ3n) is 3.86. The maximum Gasteiger partial charge on any atom is 0.189 e. The fraction of sp³-hybridized carbons (Fsp3) is 0.0556. The smallest absolute Gasteiger partial charge is 0.189 e. The molecular formula is C18H15FN6S. The molecule has 0 radical (unpaired) electrons. The predicted octanol–water partition coefficient (Wildman–Crippen LogP) is 4.60. The van der Waals surface area contributed by atoms with Gasteiger partial charge in [-0.1, -0.05) is 35.6 Å². The van der Waals surface area contributed by atoms with E-state index < -0.39 is 0 Å². The number of benzene rings is 2. The quantitative estimate of drug-likeness (QED) is 0.489. The van der Waals surface area contributed by atoms with Crippen molar-refractivity contribution in [3.63, 3.8) is 0 Å². The summed E-state index contributed by atoms with van der Waals surface area (Å²) in [4.78, 5) is 12.9. The Kier molecular flexibility index (Phi) is 4.10. The minimum absolute atomic E-state index is 0.284. The molecule has 2 aromatic heterocycles. The monoisotopic (exact) mass is 366 g/mol. The SMILES string of the molecule is Cc1cccc2sc(Nc3ncnc(Nc4ccccc4F)c3N)nc12. The summed E-state index contributed by atoms with van der Waals surface area (Å²) in [6.07, 6.45) is 1.36. The third kappa shape index (κ3) is 3.02. The summed E-state index contributed by atoms with van der Waals surface area (Å²) in [5, 5.41) is 6.70. The lowest BCUT2D eigenvalue weighted by atomic mass is 10.2. The molecule has 4 aromatic rings. The fourth-order valence-corrected chi connectivity index (χ4v) is 3.47. The van der Waals surface area contributed by atoms with Crippen LogP contribution in [0.4, 0.5) is 32.5 Å². The van der Waals surface area contributed by atoms with Crippen LogP contribution in [0.1, 0.15) is 5.56 Å². The highest BCUT2D eigenvalue weighted by Gasteiger charge is 2.13. The first-order valence-corrected chi connectivity index (χ1v) is 8.68. The van der Waals surface area contributed by atoms with Crippen molar-refractivity contribution in [2.24, 2.45) is 0 Å². The van der Waals surface area contributed by atoms with E-state index in [1.54, 1.807) is 18.2 Å². The summed E-state index contributed by atoms with van der Waals surface area (Å²) >= 11 is 1.51. The van der Waals surface area contributed by atoms with Gasteiger partial charge in [0.05, 0.1) is 15.9 Å². The number of fused-ring (bicyclic) bond motifs is 1. The molecule has 0 atom stereocenters. The van der Waals surface area contributed by atoms with Crippen LogP contribution in [0.15, 0.2) is 48.8 Å². The summed E-state index contributed by atoms with van der Waals surface area (Å²) in [5.41, 5.74) is 8.78. The number of thiazole rings is 1. The van der Waals surface area contributed by atoms with Crippen molar-refractivity contribution in [1.82, 2.24) is 15.0 Å². The number of anilines is 5. The molecule has 0 unspecified atom stereocenters. The number of nitrogens with zero attached hydrogens (tertiary/aromatic N) is 3. The van der Waals surface area contributed by atoms with Crippen LogP contribution in [-0.2, 0) is 0 Å². The molecule has 4 rings (SSSR count). The minimum atomic E-state index is -0.387. The first-order chi connectivity index (χ1) is 12.6. The van der Waals surface area contributed by atoms with Gasteiger partial charge >= 0.3 is 0 Å². The fourth-order valence-electron chi connectivity index (χ4n) is 2.53. The van der Waals surface area contributed by atoms with E-state index in [-0.39, 0.29) is 11.5 Å². The van der Waals surface area contributed by atoms with Crippen LogP contribution in [0.5, 0.6) is 0 Å². The summed E-state index contributed by atoms with van der Waals surface area (Å²) < 4.78 is 14.9. The molecule has 0 saturated carbocycles. The van der Waals surface area contributed by atoms with Crippen molar-refractivity contribution in [2.45, 2.75) is 6.92 Å². The topological polar surface area (TPSA) is 88.8 Å². The van der Waals surface area contributed by atoms with E-state index in [2.05, 4.69) is 25.6 Å². The summed E-state index contributed by atoms with van der Waals surface area (Å²) in [7, 11) is 0. The Hall–Kier alpha value is -3.26. The molecule has 0 fully saturated rings. The van der Waals surface area contributed by atoms with E-state index in [0.717, 1.165) is 15.8 Å². The van der Waals surface area contributed by atoms with Crippen LogP contribution < -0.4 is 16.4 Å². The van der Waals surface area contributed by atoms with Crippen molar-refractivity contribution in [2.75, 3.05) is 16.4 Å². The number of halogens is 1. The van der Waals surface area contributed by atoms with Crippen LogP contribution in [0.25, 0.3) is 10.2 Å². The zero-order chi connectivity index (χ0) is 18.1. The van der Waals surface area contributed by atoms with Crippen molar-refractivity contribution in [3.8, 4) is 0 Å². The van der Waals surface area contributed by atoms with E-state index in [4.69, 9.17) is 5.73 Å². The van der Waals surface area contributed by atoms with E-state index in [1.165, 1.54) is 23.7 Å². The molecule has 0 amide bonds. The van der Waals surface area contributed by atoms with Gasteiger partial charge in [0.2, 0.25) is 0 Å². The van der Waals surface area contributed by atoms with Gasteiger partial charge in [-0.25, -0.2) is 19.3 Å². The largest absolute Gasteiger partial charge is 0.393 e. The van der Waals surface area contributed by atoms with E-state index >= 15 is 0 Å². The highest BCUT2D eigenvalue weighted by atomic mass is 32.1. The molecule has 0 bridgehead atoms. The first-order valence-electron chi connectivity index (χ1n) is 7.87. The van der Waals surface area contributed by atoms with E-state index in [1.807, 2.05) is 25.1 Å². The number of nitrogen functional groups attached to an aromatic ring is 1. The molecule has 0 saturated heterocycles. The van der Waals surface area contributed by atoms with Gasteiger partial charge < -0.3 is 16.4 Å². The number of hydrogen-bond acceptors (Lipinski definition) is 7. The number of nitrogens with two attached hydrogens (primary N) is 1. The van der Waals surface area contributed by atoms with Gasteiger partial charge in [0.1, 0.15) is 17.8 Å². The molecule has 6 nitrogen and oxygen atoms in total. The van der Waals surface area contributed by atoms with Crippen LogP contribution in [-0.4, -0.2) is 15.0 Å². The Bertz CT molecular complexity index is 1090. The van der Waals surface area contributed by atoms with Crippen LogP contribution >= 0.6 is 11.3 Å². The Labute approximate surface area is 152 Å². The van der Waals surface area contributed by atoms with Gasteiger partial charge in [0.15, 0.2) is 16.8 Å². The molecule has 0 aliphatic rings. The number of rotatable bonds is 4. The Morgan fingerprint density at radius 3 is 2.54 bits per heavy atom. The molecule has 0 aliphatic heterocycles. The number of para-hydroxylation sites is 2. The van der Waals surface area contributed by atoms with Gasteiger partial charge in [-0.15, -0.1) is 0 Å². The van der Waals surface area contributed by atoms with Crippen LogP contribution in [0, 0.1) is 12.7 Å². The molecule has 130 valence electrons. The molecule has 2 aromatic carbocycles. The number of aromatic nitrogens is 3. The normalized spacial score (nSPS) is 10.8. The van der Waals surface area contributed by atoms with Gasteiger partial charge in [-0.2, -0.15) is 0 Å². The zero-order valence-electron chi connectivity index (χ0n) is 13.8. The molecule has 2 heterocycles. The van der Waals surface area contributed by atoms with Crippen molar-refractivity contribution in [1.29, 1.82) is 0 Å². The van der Waals surface area contributed by atoms with Crippen molar-refractivity contribution < 1.29 is 4.39 Å². The lowest BCUT2D eigenvalue weighted by molar-refractivity contribution is 0.632. The summed E-state index contributed by atoms with van der Waals surface area (Å²) in [6, 6.07) is 12.3. The molecule has 0 aliphatic carbocycles. The molecule has 0 spiro atoms. The van der Waals surface area contributed by atoms with Crippen LogP contribution in [0.2, 0.25) is 0 Å². The minimum Gasteiger partial charge on any atom is -0.393 e. The zero-order valence-corrected chi connectivity index (χ0v) is 14.6. The second kappa shape index (κ2) is 6.57. The predicted molar refractivity (Wildman–Crippen MR) is 104 cm³/mol. The Morgan fingerprint density at radius 1 is 1.00 bits per heavy atom. The number of nitrogens with one attached hydrogen (secondary N) is 2. The maximum absolute atomic E-state index is 13.8. The highest BCUT2D eigenvalue weighted by molar-refractivity contribution is 7.22. The number of aryl methyl sites for hydroxylation is 1. The van der Waals surface area contributed by atoms with Gasteiger partial charge in [0, 0.05) is 0 Å². The summed E-state index contributed by atoms with van der Waals surface area (Å²) in [6.45, 7) is 2.02. The van der Waals surface area contributed by atoms with Crippen molar-refractivity contribution in [3.05, 3.63) is 60.2 Å². The lowest BCUT2D eigenvalue weighted by Crippen LogP contribution is -2.05. The van der Waals surface area contributed by atoms with E-state index in [9.17, 15) is 4.39 Å². The van der Waals surface area contributed by atoms with E-state index in [0.29, 0.717) is 22.5 Å². The average Bonchev–Trinajstić information content (AvgIpc) is 3.04. The lowest BCUT2D eigenvalue weighted by Gasteiger charge is -2.11. The molecule has 8 heteroatoms. The van der Waals surface area contributed by atoms with Crippen molar-refractivity contribution >= 4 is 49.7 Å². The standard InChI is InChI=1S/C18H15FN6S/c1-10-5-4-8-13-15(10)24-18(26-13)25-17-14(20)16(21-9-22-17)23-12-7-3-2-6-11(12)19/h2-9H,20H2,1H3,(H2,21,22,23,24,25). The van der Waals surface area contributed by atoms with Gasteiger partial charge in [0.25, 0.3) is 0 Å². The Morgan fingerprint density at radius 2 is 1.77 bits per heavy atom.